The summed E-state index contributed by atoms with van der Waals surface area (Å²) in [6.45, 7) is 0. The van der Waals surface area contributed by atoms with Crippen molar-refractivity contribution in [3.8, 4) is 11.5 Å². The molecule has 0 aliphatic heterocycles. The van der Waals surface area contributed by atoms with Gasteiger partial charge in [-0.25, -0.2) is 18.4 Å². The largest absolute Gasteiger partial charge is 0.504 e. The first-order valence-electron chi connectivity index (χ1n) is 9.89. The van der Waals surface area contributed by atoms with Crippen molar-refractivity contribution in [2.24, 2.45) is 5.10 Å². The number of sulfone groups is 1. The van der Waals surface area contributed by atoms with Gasteiger partial charge >= 0.3 is 0 Å². The number of rotatable bonds is 4. The van der Waals surface area contributed by atoms with Gasteiger partial charge in [0, 0.05) is 5.02 Å². The zero-order valence-corrected chi connectivity index (χ0v) is 18.9. The van der Waals surface area contributed by atoms with E-state index >= 15 is 0 Å². The van der Waals surface area contributed by atoms with Crippen LogP contribution >= 0.6 is 11.6 Å². The Balaban J connectivity index is 1.78. The van der Waals surface area contributed by atoms with E-state index in [1.54, 1.807) is 24.3 Å². The average molecular weight is 494 g/mol. The number of nitrogens with two attached hydrogens (primary N) is 1. The molecule has 9 nitrogen and oxygen atoms in total. The predicted octanol–water partition coefficient (Wildman–Crippen LogP) is 3.95. The Bertz CT molecular complexity index is 1710. The fourth-order valence-electron chi connectivity index (χ4n) is 3.48. The molecule has 0 radical (unpaired) electrons. The molecule has 0 aliphatic carbocycles. The number of nitrogens with zero attached hydrogens (tertiary/aromatic N) is 4. The zero-order valence-electron chi connectivity index (χ0n) is 17.3. The molecule has 11 heteroatoms. The quantitative estimate of drug-likeness (QED) is 0.254. The number of phenolic OH excluding ortho intramolecular Hbond substituents is 2. The molecule has 170 valence electrons. The molecule has 2 aromatic heterocycles. The van der Waals surface area contributed by atoms with Crippen molar-refractivity contribution < 1.29 is 18.6 Å². The second-order valence-corrected chi connectivity index (χ2v) is 9.68. The summed E-state index contributed by atoms with van der Waals surface area (Å²) < 4.78 is 28.3. The molecule has 34 heavy (non-hydrogen) atoms. The molecule has 0 spiro atoms. The van der Waals surface area contributed by atoms with Crippen LogP contribution < -0.4 is 5.73 Å². The highest BCUT2D eigenvalue weighted by Gasteiger charge is 2.30. The van der Waals surface area contributed by atoms with E-state index in [1.165, 1.54) is 53.4 Å². The number of hydrogen-bond acceptors (Lipinski definition) is 8. The molecule has 0 fully saturated rings. The molecule has 5 aromatic rings. The Morgan fingerprint density at radius 3 is 2.29 bits per heavy atom. The molecule has 0 unspecified atom stereocenters. The average Bonchev–Trinajstić information content (AvgIpc) is 3.09. The summed E-state index contributed by atoms with van der Waals surface area (Å²) in [5, 5.41) is 24.0. The van der Waals surface area contributed by atoms with Gasteiger partial charge in [0.1, 0.15) is 16.2 Å². The van der Waals surface area contributed by atoms with E-state index in [1.807, 2.05) is 0 Å². The van der Waals surface area contributed by atoms with Crippen LogP contribution in [0.15, 0.2) is 81.6 Å². The number of halogens is 1. The maximum Gasteiger partial charge on any atom is 0.212 e. The standard InChI is InChI=1S/C23H16ClN5O4S/c24-14-6-8-15(9-7-14)34(32,33)21-20-23(28-17-4-2-1-3-16(17)27-20)29(22(21)25)26-12-13-5-10-18(30)19(31)11-13/h1-12,30-31H,25H2. The van der Waals surface area contributed by atoms with E-state index in [0.717, 1.165) is 0 Å². The van der Waals surface area contributed by atoms with Gasteiger partial charge in [-0.1, -0.05) is 23.7 Å². The maximum atomic E-state index is 13.6. The van der Waals surface area contributed by atoms with Gasteiger partial charge in [0.2, 0.25) is 9.84 Å². The number of benzene rings is 3. The minimum atomic E-state index is -4.11. The molecule has 2 heterocycles. The molecule has 3 aromatic carbocycles. The van der Waals surface area contributed by atoms with Crippen molar-refractivity contribution in [1.82, 2.24) is 14.6 Å². The lowest BCUT2D eigenvalue weighted by Crippen LogP contribution is -2.06. The Kier molecular flexibility index (Phi) is 5.11. The van der Waals surface area contributed by atoms with Crippen LogP contribution in [0, 0.1) is 0 Å². The van der Waals surface area contributed by atoms with Crippen molar-refractivity contribution in [3.63, 3.8) is 0 Å². The lowest BCUT2D eigenvalue weighted by molar-refractivity contribution is 0.403. The predicted molar refractivity (Wildman–Crippen MR) is 129 cm³/mol. The molecule has 0 saturated heterocycles. The smallest absolute Gasteiger partial charge is 0.212 e. The third-order valence-corrected chi connectivity index (χ3v) is 7.23. The maximum absolute atomic E-state index is 13.6. The van der Waals surface area contributed by atoms with Crippen LogP contribution in [-0.4, -0.2) is 39.5 Å². The first kappa shape index (κ1) is 21.7. The normalized spacial score (nSPS) is 12.1. The summed E-state index contributed by atoms with van der Waals surface area (Å²) in [6.07, 6.45) is 1.35. The van der Waals surface area contributed by atoms with Gasteiger partial charge in [-0.3, -0.25) is 0 Å². The zero-order chi connectivity index (χ0) is 24.0. The number of nitrogen functional groups attached to an aromatic ring is 1. The summed E-state index contributed by atoms with van der Waals surface area (Å²) in [5.41, 5.74) is 7.99. The topological polar surface area (TPSA) is 144 Å². The summed E-state index contributed by atoms with van der Waals surface area (Å²) in [7, 11) is -4.11. The van der Waals surface area contributed by atoms with Gasteiger partial charge in [-0.05, 0) is 60.2 Å². The number of aromatic nitrogens is 3. The van der Waals surface area contributed by atoms with Gasteiger partial charge in [0.15, 0.2) is 17.1 Å². The van der Waals surface area contributed by atoms with Crippen LogP contribution in [-0.2, 0) is 9.84 Å². The number of anilines is 1. The van der Waals surface area contributed by atoms with Gasteiger partial charge in [0.25, 0.3) is 0 Å². The van der Waals surface area contributed by atoms with Gasteiger partial charge in [0.05, 0.1) is 22.1 Å². The van der Waals surface area contributed by atoms with E-state index in [-0.39, 0.29) is 38.3 Å². The molecule has 0 saturated carbocycles. The number of fused-ring (bicyclic) bond motifs is 2. The third kappa shape index (κ3) is 3.58. The highest BCUT2D eigenvalue weighted by atomic mass is 35.5. The molecule has 0 bridgehead atoms. The Hall–Kier alpha value is -4.15. The molecule has 0 atom stereocenters. The first-order valence-corrected chi connectivity index (χ1v) is 11.8. The fourth-order valence-corrected chi connectivity index (χ4v) is 5.09. The van der Waals surface area contributed by atoms with Crippen molar-refractivity contribution in [3.05, 3.63) is 77.3 Å². The molecular weight excluding hydrogens is 478 g/mol. The van der Waals surface area contributed by atoms with E-state index in [9.17, 15) is 18.6 Å². The third-order valence-electron chi connectivity index (χ3n) is 5.14. The van der Waals surface area contributed by atoms with Crippen LogP contribution in [0.1, 0.15) is 5.56 Å². The molecular formula is C23H16ClN5O4S. The van der Waals surface area contributed by atoms with E-state index in [4.69, 9.17) is 17.3 Å². The van der Waals surface area contributed by atoms with Crippen LogP contribution in [0.5, 0.6) is 11.5 Å². The monoisotopic (exact) mass is 493 g/mol. The van der Waals surface area contributed by atoms with E-state index in [0.29, 0.717) is 21.6 Å². The van der Waals surface area contributed by atoms with Gasteiger partial charge in [-0.2, -0.15) is 9.78 Å². The second-order valence-electron chi connectivity index (χ2n) is 7.36. The lowest BCUT2D eigenvalue weighted by Gasteiger charge is -2.05. The summed E-state index contributed by atoms with van der Waals surface area (Å²) in [6, 6.07) is 16.9. The molecule has 5 rings (SSSR count). The van der Waals surface area contributed by atoms with Gasteiger partial charge < -0.3 is 15.9 Å². The van der Waals surface area contributed by atoms with Crippen molar-refractivity contribution >= 4 is 55.7 Å². The van der Waals surface area contributed by atoms with E-state index < -0.39 is 9.84 Å². The molecule has 0 amide bonds. The van der Waals surface area contributed by atoms with Crippen LogP contribution in [0.25, 0.3) is 22.2 Å². The number of para-hydroxylation sites is 2. The summed E-state index contributed by atoms with van der Waals surface area (Å²) in [4.78, 5) is 8.85. The summed E-state index contributed by atoms with van der Waals surface area (Å²) >= 11 is 5.93. The number of aromatic hydroxyl groups is 2. The lowest BCUT2D eigenvalue weighted by atomic mass is 10.2. The van der Waals surface area contributed by atoms with Crippen molar-refractivity contribution in [2.45, 2.75) is 9.79 Å². The number of phenols is 2. The minimum absolute atomic E-state index is 0.00922. The van der Waals surface area contributed by atoms with E-state index in [2.05, 4.69) is 15.1 Å². The highest BCUT2D eigenvalue weighted by molar-refractivity contribution is 7.92. The fraction of sp³-hybridized carbons (Fsp3) is 0. The Morgan fingerprint density at radius 1 is 0.941 bits per heavy atom. The minimum Gasteiger partial charge on any atom is -0.504 e. The van der Waals surface area contributed by atoms with Crippen molar-refractivity contribution in [2.75, 3.05) is 5.73 Å². The SMILES string of the molecule is Nc1c(S(=O)(=O)c2ccc(Cl)cc2)c2nc3ccccc3nc2n1N=Cc1ccc(O)c(O)c1. The Morgan fingerprint density at radius 2 is 1.62 bits per heavy atom. The Labute approximate surface area is 198 Å². The number of hydrogen-bond donors (Lipinski definition) is 3. The highest BCUT2D eigenvalue weighted by Crippen LogP contribution is 2.35. The second kappa shape index (κ2) is 8.01. The first-order chi connectivity index (χ1) is 16.3. The van der Waals surface area contributed by atoms with Gasteiger partial charge in [-0.15, -0.1) is 0 Å². The van der Waals surface area contributed by atoms with Crippen LogP contribution in [0.4, 0.5) is 5.82 Å². The molecule has 4 N–H and O–H groups in total. The molecule has 0 aliphatic rings. The van der Waals surface area contributed by atoms with Crippen molar-refractivity contribution in [1.29, 1.82) is 0 Å². The van der Waals surface area contributed by atoms with Crippen LogP contribution in [0.3, 0.4) is 0 Å². The van der Waals surface area contributed by atoms with Crippen LogP contribution in [0.2, 0.25) is 5.02 Å². The summed E-state index contributed by atoms with van der Waals surface area (Å²) in [5.74, 6) is -0.789.